The maximum absolute atomic E-state index is 6.18. The molecule has 0 radical (unpaired) electrons. The average Bonchev–Trinajstić information content (AvgIpc) is 3.26. The number of thiazole rings is 2. The van der Waals surface area contributed by atoms with Gasteiger partial charge in [-0.2, -0.15) is 0 Å². The van der Waals surface area contributed by atoms with Crippen LogP contribution in [0.3, 0.4) is 0 Å². The molecule has 0 unspecified atom stereocenters. The minimum atomic E-state index is 0.113. The molecule has 3 rings (SSSR count). The van der Waals surface area contributed by atoms with Gasteiger partial charge in [-0.3, -0.25) is 4.99 Å². The molecule has 0 aromatic carbocycles. The van der Waals surface area contributed by atoms with Crippen molar-refractivity contribution < 1.29 is 0 Å². The Balaban J connectivity index is 1.47. The number of piperazine rings is 1. The van der Waals surface area contributed by atoms with Crippen LogP contribution < -0.4 is 10.6 Å². The Hall–Kier alpha value is -1.67. The van der Waals surface area contributed by atoms with Gasteiger partial charge in [0, 0.05) is 61.5 Å². The molecule has 0 spiro atoms. The Morgan fingerprint density at radius 1 is 1.24 bits per heavy atom. The van der Waals surface area contributed by atoms with Crippen LogP contribution in [0.25, 0.3) is 0 Å². The fourth-order valence-corrected chi connectivity index (χ4v) is 4.29. The summed E-state index contributed by atoms with van der Waals surface area (Å²) in [6.45, 7) is 10.9. The quantitative estimate of drug-likeness (QED) is 0.654. The minimum Gasteiger partial charge on any atom is -0.370 e. The van der Waals surface area contributed by atoms with Crippen LogP contribution in [0, 0.1) is 0 Å². The number of hydrogen-bond acceptors (Lipinski definition) is 6. The Bertz CT molecular complexity index is 693. The lowest BCUT2D eigenvalue weighted by Crippen LogP contribution is -2.51. The van der Waals surface area contributed by atoms with Crippen molar-refractivity contribution in [1.82, 2.24) is 14.9 Å². The fraction of sp³-hybridized carbons (Fsp3) is 0.588. The number of hydrogen-bond donors (Lipinski definition) is 1. The fourth-order valence-electron chi connectivity index (χ4n) is 2.65. The highest BCUT2D eigenvalue weighted by Crippen LogP contribution is 2.25. The number of anilines is 1. The SMILES string of the molecule is CC(C)(C)c1nc(CCN=C(N)N2CCN(c3nccs3)CC2)cs1. The Labute approximate surface area is 157 Å². The zero-order valence-corrected chi connectivity index (χ0v) is 16.7. The predicted molar refractivity (Wildman–Crippen MR) is 107 cm³/mol. The van der Waals surface area contributed by atoms with Crippen molar-refractivity contribution in [2.45, 2.75) is 32.6 Å². The lowest BCUT2D eigenvalue weighted by atomic mass is 9.98. The van der Waals surface area contributed by atoms with Gasteiger partial charge in [0.1, 0.15) is 0 Å². The molecule has 2 aromatic rings. The average molecular weight is 379 g/mol. The molecule has 6 nitrogen and oxygen atoms in total. The minimum absolute atomic E-state index is 0.113. The summed E-state index contributed by atoms with van der Waals surface area (Å²) >= 11 is 3.41. The highest BCUT2D eigenvalue weighted by Gasteiger charge is 2.20. The summed E-state index contributed by atoms with van der Waals surface area (Å²) in [6, 6.07) is 0. The maximum Gasteiger partial charge on any atom is 0.191 e. The zero-order chi connectivity index (χ0) is 17.9. The van der Waals surface area contributed by atoms with Gasteiger partial charge in [0.05, 0.1) is 10.7 Å². The van der Waals surface area contributed by atoms with Gasteiger partial charge in [0.15, 0.2) is 11.1 Å². The van der Waals surface area contributed by atoms with E-state index in [9.17, 15) is 0 Å². The van der Waals surface area contributed by atoms with Crippen molar-refractivity contribution >= 4 is 33.8 Å². The Morgan fingerprint density at radius 3 is 2.60 bits per heavy atom. The van der Waals surface area contributed by atoms with Crippen LogP contribution in [-0.4, -0.2) is 53.6 Å². The third-order valence-corrected chi connectivity index (χ3v) is 6.28. The summed E-state index contributed by atoms with van der Waals surface area (Å²) in [7, 11) is 0. The van der Waals surface area contributed by atoms with Crippen molar-refractivity contribution in [3.05, 3.63) is 27.7 Å². The highest BCUT2D eigenvalue weighted by atomic mass is 32.1. The van der Waals surface area contributed by atoms with Gasteiger partial charge in [-0.15, -0.1) is 22.7 Å². The van der Waals surface area contributed by atoms with Crippen LogP contribution in [0.2, 0.25) is 0 Å². The number of aromatic nitrogens is 2. The summed E-state index contributed by atoms with van der Waals surface area (Å²) in [5.41, 5.74) is 7.40. The lowest BCUT2D eigenvalue weighted by Gasteiger charge is -2.35. The van der Waals surface area contributed by atoms with E-state index in [1.165, 1.54) is 5.01 Å². The zero-order valence-electron chi connectivity index (χ0n) is 15.1. The van der Waals surface area contributed by atoms with Crippen molar-refractivity contribution in [2.24, 2.45) is 10.7 Å². The van der Waals surface area contributed by atoms with Crippen molar-refractivity contribution in [3.8, 4) is 0 Å². The van der Waals surface area contributed by atoms with Crippen LogP contribution in [0.15, 0.2) is 21.9 Å². The summed E-state index contributed by atoms with van der Waals surface area (Å²) in [4.78, 5) is 18.1. The third-order valence-electron chi connectivity index (χ3n) is 4.13. The standard InChI is InChI=1S/C17H26N6S2/c1-17(2,3)14-21-13(12-25-14)4-5-19-15(18)22-7-9-23(10-8-22)16-20-6-11-24-16/h6,11-12H,4-5,7-10H2,1-3H3,(H2,18,19). The second kappa shape index (κ2) is 7.70. The van der Waals surface area contributed by atoms with Crippen LogP contribution in [0.4, 0.5) is 5.13 Å². The molecule has 0 saturated carbocycles. The van der Waals surface area contributed by atoms with E-state index in [4.69, 9.17) is 10.7 Å². The van der Waals surface area contributed by atoms with Crippen molar-refractivity contribution in [1.29, 1.82) is 0 Å². The molecule has 136 valence electrons. The van der Waals surface area contributed by atoms with Crippen LogP contribution in [0.1, 0.15) is 31.5 Å². The van der Waals surface area contributed by atoms with Crippen LogP contribution >= 0.6 is 22.7 Å². The molecule has 0 aliphatic carbocycles. The summed E-state index contributed by atoms with van der Waals surface area (Å²) in [5, 5.41) is 6.42. The Morgan fingerprint density at radius 2 is 2.00 bits per heavy atom. The highest BCUT2D eigenvalue weighted by molar-refractivity contribution is 7.13. The number of aliphatic imine (C=N–C) groups is 1. The number of guanidine groups is 1. The molecule has 1 fully saturated rings. The van der Waals surface area contributed by atoms with Crippen LogP contribution in [-0.2, 0) is 11.8 Å². The topological polar surface area (TPSA) is 70.6 Å². The van der Waals surface area contributed by atoms with Gasteiger partial charge in [-0.05, 0) is 0 Å². The third kappa shape index (κ3) is 4.70. The molecule has 0 atom stereocenters. The van der Waals surface area contributed by atoms with E-state index in [2.05, 4.69) is 45.9 Å². The first-order chi connectivity index (χ1) is 11.9. The molecule has 1 aliphatic rings. The first-order valence-electron chi connectivity index (χ1n) is 8.57. The molecule has 3 heterocycles. The smallest absolute Gasteiger partial charge is 0.191 e. The monoisotopic (exact) mass is 378 g/mol. The van der Waals surface area contributed by atoms with Gasteiger partial charge in [-0.1, -0.05) is 20.8 Å². The van der Waals surface area contributed by atoms with E-state index >= 15 is 0 Å². The lowest BCUT2D eigenvalue weighted by molar-refractivity contribution is 0.380. The van der Waals surface area contributed by atoms with Crippen LogP contribution in [0.5, 0.6) is 0 Å². The van der Waals surface area contributed by atoms with E-state index in [1.54, 1.807) is 22.7 Å². The second-order valence-corrected chi connectivity index (χ2v) is 8.90. The molecule has 0 bridgehead atoms. The van der Waals surface area contributed by atoms with E-state index < -0.39 is 0 Å². The Kier molecular flexibility index (Phi) is 5.58. The van der Waals surface area contributed by atoms with Gasteiger partial charge in [-0.25, -0.2) is 9.97 Å². The van der Waals surface area contributed by atoms with Gasteiger partial charge in [0.2, 0.25) is 0 Å². The molecule has 25 heavy (non-hydrogen) atoms. The number of nitrogens with two attached hydrogens (primary N) is 1. The largest absolute Gasteiger partial charge is 0.370 e. The molecule has 8 heteroatoms. The maximum atomic E-state index is 6.18. The first kappa shape index (κ1) is 18.1. The van der Waals surface area contributed by atoms with E-state index in [-0.39, 0.29) is 5.41 Å². The molecular formula is C17H26N6S2. The van der Waals surface area contributed by atoms with E-state index in [1.807, 2.05) is 11.6 Å². The molecular weight excluding hydrogens is 352 g/mol. The first-order valence-corrected chi connectivity index (χ1v) is 10.3. The van der Waals surface area contributed by atoms with Gasteiger partial charge >= 0.3 is 0 Å². The summed E-state index contributed by atoms with van der Waals surface area (Å²) in [5.74, 6) is 0.644. The predicted octanol–water partition coefficient (Wildman–Crippen LogP) is 2.58. The molecule has 2 N–H and O–H groups in total. The van der Waals surface area contributed by atoms with Crippen molar-refractivity contribution in [2.75, 3.05) is 37.6 Å². The normalized spacial score (nSPS) is 16.5. The van der Waals surface area contributed by atoms with Crippen molar-refractivity contribution in [3.63, 3.8) is 0 Å². The summed E-state index contributed by atoms with van der Waals surface area (Å²) in [6.07, 6.45) is 2.69. The molecule has 0 amide bonds. The van der Waals surface area contributed by atoms with E-state index in [0.717, 1.165) is 43.4 Å². The molecule has 1 aliphatic heterocycles. The second-order valence-electron chi connectivity index (χ2n) is 7.17. The molecule has 2 aromatic heterocycles. The number of rotatable bonds is 4. The van der Waals surface area contributed by atoms with Gasteiger partial charge in [0.25, 0.3) is 0 Å². The van der Waals surface area contributed by atoms with E-state index in [0.29, 0.717) is 12.5 Å². The summed E-state index contributed by atoms with van der Waals surface area (Å²) < 4.78 is 0. The molecule has 1 saturated heterocycles. The van der Waals surface area contributed by atoms with Gasteiger partial charge < -0.3 is 15.5 Å². The number of nitrogens with zero attached hydrogens (tertiary/aromatic N) is 5.